The molecule has 1 aliphatic rings. The number of rotatable bonds is 5. The highest BCUT2D eigenvalue weighted by Crippen LogP contribution is 2.21. The van der Waals surface area contributed by atoms with Crippen molar-refractivity contribution in [3.63, 3.8) is 0 Å². The summed E-state index contributed by atoms with van der Waals surface area (Å²) in [5.41, 5.74) is 2.17. The van der Waals surface area contributed by atoms with E-state index >= 15 is 0 Å². The monoisotopic (exact) mass is 350 g/mol. The molecule has 26 heavy (non-hydrogen) atoms. The van der Waals surface area contributed by atoms with Crippen molar-refractivity contribution in [2.24, 2.45) is 0 Å². The zero-order valence-corrected chi connectivity index (χ0v) is 14.1. The van der Waals surface area contributed by atoms with Crippen molar-refractivity contribution in [3.05, 3.63) is 53.7 Å². The van der Waals surface area contributed by atoms with Gasteiger partial charge in [-0.05, 0) is 30.7 Å². The molecule has 0 unspecified atom stereocenters. The molecule has 0 atom stereocenters. The van der Waals surface area contributed by atoms with Crippen LogP contribution in [0.25, 0.3) is 11.3 Å². The predicted molar refractivity (Wildman–Crippen MR) is 94.3 cm³/mol. The maximum atomic E-state index is 12.4. The van der Waals surface area contributed by atoms with E-state index in [2.05, 4.69) is 16.4 Å². The third-order valence-electron chi connectivity index (χ3n) is 4.05. The van der Waals surface area contributed by atoms with Gasteiger partial charge < -0.3 is 15.0 Å². The van der Waals surface area contributed by atoms with Crippen molar-refractivity contribution in [2.75, 3.05) is 26.2 Å². The highest BCUT2D eigenvalue weighted by Gasteiger charge is 2.19. The van der Waals surface area contributed by atoms with Gasteiger partial charge in [-0.15, -0.1) is 0 Å². The van der Waals surface area contributed by atoms with Crippen LogP contribution in [0.3, 0.4) is 0 Å². The molecular weight excluding hydrogens is 332 g/mol. The minimum Gasteiger partial charge on any atom is -0.449 e. The smallest absolute Gasteiger partial charge is 0.409 e. The van der Waals surface area contributed by atoms with E-state index in [1.54, 1.807) is 41.4 Å². The molecule has 0 spiro atoms. The first-order valence-corrected chi connectivity index (χ1v) is 8.34. The van der Waals surface area contributed by atoms with E-state index in [9.17, 15) is 14.9 Å². The Labute approximate surface area is 151 Å². The maximum absolute atomic E-state index is 12.4. The molecule has 0 saturated carbocycles. The van der Waals surface area contributed by atoms with Crippen LogP contribution in [0.15, 0.2) is 42.6 Å². The van der Waals surface area contributed by atoms with Gasteiger partial charge in [0.2, 0.25) is 0 Å². The summed E-state index contributed by atoms with van der Waals surface area (Å²) in [6.45, 7) is 1.84. The summed E-state index contributed by atoms with van der Waals surface area (Å²) >= 11 is 0. The van der Waals surface area contributed by atoms with E-state index in [4.69, 9.17) is 4.74 Å². The lowest BCUT2D eigenvalue weighted by atomic mass is 10.0. The number of nitrogens with one attached hydrogen (secondary N) is 1. The van der Waals surface area contributed by atoms with Crippen molar-refractivity contribution in [3.8, 4) is 17.3 Å². The molecule has 1 saturated heterocycles. The van der Waals surface area contributed by atoms with Crippen LogP contribution in [0.1, 0.15) is 22.3 Å². The van der Waals surface area contributed by atoms with Crippen molar-refractivity contribution in [2.45, 2.75) is 6.42 Å². The number of nitrogens with zero attached hydrogens (tertiary/aromatic N) is 3. The summed E-state index contributed by atoms with van der Waals surface area (Å²) in [5.74, 6) is -0.244. The number of nitriles is 1. The summed E-state index contributed by atoms with van der Waals surface area (Å²) in [5, 5.41) is 12.0. The van der Waals surface area contributed by atoms with Gasteiger partial charge in [-0.1, -0.05) is 12.1 Å². The molecule has 0 radical (unpaired) electrons. The van der Waals surface area contributed by atoms with E-state index in [1.807, 2.05) is 6.07 Å². The van der Waals surface area contributed by atoms with Crippen LogP contribution in [0, 0.1) is 11.3 Å². The third-order valence-corrected chi connectivity index (χ3v) is 4.05. The molecular formula is C19H18N4O3. The maximum Gasteiger partial charge on any atom is 0.409 e. The molecule has 1 aromatic heterocycles. The topological polar surface area (TPSA) is 95.3 Å². The van der Waals surface area contributed by atoms with Crippen LogP contribution in [-0.4, -0.2) is 48.1 Å². The quantitative estimate of drug-likeness (QED) is 0.892. The van der Waals surface area contributed by atoms with E-state index in [1.165, 1.54) is 0 Å². The average Bonchev–Trinajstić information content (AvgIpc) is 2.69. The Hall–Kier alpha value is -3.40. The number of amides is 2. The van der Waals surface area contributed by atoms with E-state index < -0.39 is 0 Å². The number of ether oxygens (including phenoxy) is 1. The van der Waals surface area contributed by atoms with Crippen molar-refractivity contribution in [1.82, 2.24) is 15.2 Å². The van der Waals surface area contributed by atoms with Crippen LogP contribution in [0.5, 0.6) is 0 Å². The van der Waals surface area contributed by atoms with Crippen molar-refractivity contribution >= 4 is 12.0 Å². The number of hydrogen-bond donors (Lipinski definition) is 1. The first kappa shape index (κ1) is 17.4. The number of cyclic esters (lactones) is 1. The Bertz CT molecular complexity index is 860. The summed E-state index contributed by atoms with van der Waals surface area (Å²) in [7, 11) is 0. The largest absolute Gasteiger partial charge is 0.449 e. The van der Waals surface area contributed by atoms with Crippen LogP contribution >= 0.6 is 0 Å². The Balaban J connectivity index is 1.65. The molecule has 2 amide bonds. The molecule has 2 heterocycles. The molecule has 7 nitrogen and oxygen atoms in total. The molecule has 0 aliphatic carbocycles. The minimum atomic E-state index is -0.341. The second-order valence-electron chi connectivity index (χ2n) is 5.80. The van der Waals surface area contributed by atoms with Gasteiger partial charge in [-0.3, -0.25) is 9.78 Å². The van der Waals surface area contributed by atoms with Gasteiger partial charge in [0.25, 0.3) is 5.91 Å². The van der Waals surface area contributed by atoms with Gasteiger partial charge in [0.05, 0.1) is 17.9 Å². The third kappa shape index (κ3) is 3.98. The zero-order valence-electron chi connectivity index (χ0n) is 14.1. The summed E-state index contributed by atoms with van der Waals surface area (Å²) in [6, 6.07) is 12.5. The summed E-state index contributed by atoms with van der Waals surface area (Å²) < 4.78 is 4.96. The zero-order chi connectivity index (χ0) is 18.4. The van der Waals surface area contributed by atoms with Crippen LogP contribution in [0.2, 0.25) is 0 Å². The van der Waals surface area contributed by atoms with Crippen LogP contribution in [-0.2, 0) is 4.74 Å². The second kappa shape index (κ2) is 8.12. The molecule has 7 heteroatoms. The first-order chi connectivity index (χ1) is 12.7. The van der Waals surface area contributed by atoms with Gasteiger partial charge in [-0.2, -0.15) is 5.26 Å². The van der Waals surface area contributed by atoms with Gasteiger partial charge >= 0.3 is 6.09 Å². The standard InChI is InChI=1S/C19H18N4O3/c20-13-16-6-2-7-21-17(16)14-4-1-5-15(12-14)18(24)22-8-10-23-9-3-11-26-19(23)25/h1-2,4-7,12H,3,8-11H2,(H,22,24). The lowest BCUT2D eigenvalue weighted by Gasteiger charge is -2.26. The predicted octanol–water partition coefficient (Wildman–Crippen LogP) is 2.19. The summed E-state index contributed by atoms with van der Waals surface area (Å²) in [6.07, 6.45) is 2.07. The number of benzene rings is 1. The van der Waals surface area contributed by atoms with Crippen molar-refractivity contribution < 1.29 is 14.3 Å². The molecule has 1 aliphatic heterocycles. The lowest BCUT2D eigenvalue weighted by molar-refractivity contribution is 0.0719. The lowest BCUT2D eigenvalue weighted by Crippen LogP contribution is -2.42. The van der Waals surface area contributed by atoms with Crippen molar-refractivity contribution in [1.29, 1.82) is 5.26 Å². The molecule has 132 valence electrons. The first-order valence-electron chi connectivity index (χ1n) is 8.34. The Morgan fingerprint density at radius 2 is 2.23 bits per heavy atom. The normalized spacial score (nSPS) is 13.7. The average molecular weight is 350 g/mol. The van der Waals surface area contributed by atoms with Gasteiger partial charge in [0.15, 0.2) is 0 Å². The van der Waals surface area contributed by atoms with Gasteiger partial charge in [-0.25, -0.2) is 4.79 Å². The van der Waals surface area contributed by atoms with E-state index in [0.29, 0.717) is 48.6 Å². The summed E-state index contributed by atoms with van der Waals surface area (Å²) in [4.78, 5) is 29.8. The van der Waals surface area contributed by atoms with Crippen LogP contribution in [0.4, 0.5) is 4.79 Å². The minimum absolute atomic E-state index is 0.244. The second-order valence-corrected chi connectivity index (χ2v) is 5.80. The fourth-order valence-electron chi connectivity index (χ4n) is 2.74. The van der Waals surface area contributed by atoms with Crippen LogP contribution < -0.4 is 5.32 Å². The molecule has 3 rings (SSSR count). The molecule has 1 N–H and O–H groups in total. The number of hydrogen-bond acceptors (Lipinski definition) is 5. The SMILES string of the molecule is N#Cc1cccnc1-c1cccc(C(=O)NCCN2CCCOC2=O)c1. The Morgan fingerprint density at radius 3 is 3.04 bits per heavy atom. The Kier molecular flexibility index (Phi) is 5.44. The highest BCUT2D eigenvalue weighted by atomic mass is 16.6. The number of carbonyl (C=O) groups is 2. The number of pyridine rings is 1. The number of aromatic nitrogens is 1. The fraction of sp³-hybridized carbons (Fsp3) is 0.263. The fourth-order valence-corrected chi connectivity index (χ4v) is 2.74. The van der Waals surface area contributed by atoms with E-state index in [0.717, 1.165) is 6.42 Å². The van der Waals surface area contributed by atoms with Gasteiger partial charge in [0, 0.05) is 37.0 Å². The molecule has 1 fully saturated rings. The highest BCUT2D eigenvalue weighted by molar-refractivity contribution is 5.95. The van der Waals surface area contributed by atoms with E-state index in [-0.39, 0.29) is 12.0 Å². The van der Waals surface area contributed by atoms with Gasteiger partial charge in [0.1, 0.15) is 6.07 Å². The Morgan fingerprint density at radius 1 is 1.35 bits per heavy atom. The molecule has 2 aromatic rings. The molecule has 0 bridgehead atoms. The number of carbonyl (C=O) groups excluding carboxylic acids is 2. The molecule has 1 aromatic carbocycles.